The molecule has 6 rings (SSSR count). The molecule has 2 aromatic heterocycles. The maximum absolute atomic E-state index is 13.9. The number of rotatable bonds is 2. The zero-order chi connectivity index (χ0) is 26.6. The van der Waals surface area contributed by atoms with Gasteiger partial charge >= 0.3 is 6.09 Å². The van der Waals surface area contributed by atoms with Crippen LogP contribution in [0.2, 0.25) is 5.02 Å². The van der Waals surface area contributed by atoms with E-state index in [1.165, 1.54) is 12.1 Å². The Morgan fingerprint density at radius 3 is 2.58 bits per heavy atom. The van der Waals surface area contributed by atoms with Crippen LogP contribution >= 0.6 is 11.6 Å². The van der Waals surface area contributed by atoms with Crippen LogP contribution in [-0.4, -0.2) is 36.5 Å². The molecule has 0 radical (unpaired) electrons. The number of amides is 1. The first-order valence-corrected chi connectivity index (χ1v) is 13.3. The first kappa shape index (κ1) is 24.9. The summed E-state index contributed by atoms with van der Waals surface area (Å²) < 4.78 is 27.1. The van der Waals surface area contributed by atoms with Crippen LogP contribution in [0.3, 0.4) is 0 Å². The summed E-state index contributed by atoms with van der Waals surface area (Å²) in [5, 5.41) is 14.8. The highest BCUT2D eigenvalue weighted by Crippen LogP contribution is 2.43. The Morgan fingerprint density at radius 2 is 1.82 bits per heavy atom. The number of fused-ring (bicyclic) bond motifs is 4. The summed E-state index contributed by atoms with van der Waals surface area (Å²) in [7, 11) is 0. The Hall–Kier alpha value is -3.46. The SMILES string of the molecule is CC(C)(C)OC(=O)N1Cc2cc(Cl)ccc2-n2c(nnc2C2CCC(c3noc4ccc(F)cc34)CC2)C1. The van der Waals surface area contributed by atoms with E-state index >= 15 is 0 Å². The first-order chi connectivity index (χ1) is 18.2. The summed E-state index contributed by atoms with van der Waals surface area (Å²) in [6.07, 6.45) is 3.11. The topological polar surface area (TPSA) is 86.3 Å². The van der Waals surface area contributed by atoms with Crippen molar-refractivity contribution in [3.8, 4) is 5.69 Å². The fraction of sp³-hybridized carbons (Fsp3) is 0.429. The minimum atomic E-state index is -0.612. The molecule has 0 saturated heterocycles. The third-order valence-electron chi connectivity index (χ3n) is 7.32. The van der Waals surface area contributed by atoms with Crippen LogP contribution in [-0.2, 0) is 17.8 Å². The summed E-state index contributed by atoms with van der Waals surface area (Å²) in [5.41, 5.74) is 2.66. The number of aromatic nitrogens is 4. The van der Waals surface area contributed by atoms with Crippen molar-refractivity contribution in [2.45, 2.75) is 77.0 Å². The van der Waals surface area contributed by atoms with Crippen molar-refractivity contribution in [1.82, 2.24) is 24.8 Å². The molecule has 2 aromatic carbocycles. The lowest BCUT2D eigenvalue weighted by Crippen LogP contribution is -2.35. The number of carbonyl (C=O) groups excluding carboxylic acids is 1. The molecule has 1 aliphatic heterocycles. The average Bonchev–Trinajstić information content (AvgIpc) is 3.43. The summed E-state index contributed by atoms with van der Waals surface area (Å²) >= 11 is 6.36. The van der Waals surface area contributed by atoms with Crippen molar-refractivity contribution in [3.63, 3.8) is 0 Å². The second-order valence-corrected chi connectivity index (χ2v) is 11.6. The Labute approximate surface area is 224 Å². The van der Waals surface area contributed by atoms with Crippen LogP contribution in [0.1, 0.15) is 81.2 Å². The molecule has 0 unspecified atom stereocenters. The van der Waals surface area contributed by atoms with Crippen molar-refractivity contribution in [2.75, 3.05) is 0 Å². The number of hydrogen-bond donors (Lipinski definition) is 0. The smallest absolute Gasteiger partial charge is 0.411 e. The largest absolute Gasteiger partial charge is 0.444 e. The third kappa shape index (κ3) is 4.64. The quantitative estimate of drug-likeness (QED) is 0.276. The highest BCUT2D eigenvalue weighted by atomic mass is 35.5. The number of nitrogens with zero attached hydrogens (tertiary/aromatic N) is 5. The summed E-state index contributed by atoms with van der Waals surface area (Å²) in [6, 6.07) is 10.2. The molecule has 1 aliphatic carbocycles. The highest BCUT2D eigenvalue weighted by molar-refractivity contribution is 6.30. The van der Waals surface area contributed by atoms with Gasteiger partial charge in [-0.1, -0.05) is 16.8 Å². The van der Waals surface area contributed by atoms with Gasteiger partial charge in [-0.05, 0) is 88.4 Å². The zero-order valence-electron chi connectivity index (χ0n) is 21.6. The number of benzene rings is 2. The van der Waals surface area contributed by atoms with Gasteiger partial charge < -0.3 is 9.26 Å². The Kier molecular flexibility index (Phi) is 6.13. The zero-order valence-corrected chi connectivity index (χ0v) is 22.3. The van der Waals surface area contributed by atoms with Gasteiger partial charge in [-0.2, -0.15) is 0 Å². The van der Waals surface area contributed by atoms with E-state index in [9.17, 15) is 9.18 Å². The van der Waals surface area contributed by atoms with Crippen LogP contribution in [0.25, 0.3) is 16.7 Å². The van der Waals surface area contributed by atoms with Gasteiger partial charge in [0.1, 0.15) is 17.2 Å². The van der Waals surface area contributed by atoms with Crippen LogP contribution in [0, 0.1) is 5.82 Å². The average molecular weight is 538 g/mol. The molecule has 198 valence electrons. The van der Waals surface area contributed by atoms with Crippen LogP contribution in [0.15, 0.2) is 40.9 Å². The monoisotopic (exact) mass is 537 g/mol. The predicted octanol–water partition coefficient (Wildman–Crippen LogP) is 6.89. The maximum Gasteiger partial charge on any atom is 0.411 e. The summed E-state index contributed by atoms with van der Waals surface area (Å²) in [4.78, 5) is 14.7. The Bertz CT molecular complexity index is 1520. The maximum atomic E-state index is 13.9. The second kappa shape index (κ2) is 9.38. The van der Waals surface area contributed by atoms with Crippen molar-refractivity contribution in [1.29, 1.82) is 0 Å². The molecular weight excluding hydrogens is 509 g/mol. The van der Waals surface area contributed by atoms with Gasteiger partial charge in [0.15, 0.2) is 11.4 Å². The molecule has 3 heterocycles. The number of ether oxygens (including phenoxy) is 1. The van der Waals surface area contributed by atoms with E-state index in [1.54, 1.807) is 11.0 Å². The molecule has 0 spiro atoms. The molecule has 8 nitrogen and oxygen atoms in total. The van der Waals surface area contributed by atoms with Crippen LogP contribution < -0.4 is 0 Å². The van der Waals surface area contributed by atoms with Gasteiger partial charge in [0.2, 0.25) is 0 Å². The normalized spacial score (nSPS) is 19.7. The number of carbonyl (C=O) groups is 1. The van der Waals surface area contributed by atoms with Crippen molar-refractivity contribution >= 4 is 28.7 Å². The van der Waals surface area contributed by atoms with Gasteiger partial charge in [0, 0.05) is 22.2 Å². The van der Waals surface area contributed by atoms with Crippen molar-refractivity contribution in [3.05, 3.63) is 70.1 Å². The molecule has 1 saturated carbocycles. The Balaban J connectivity index is 1.29. The number of hydrogen-bond acceptors (Lipinski definition) is 6. The van der Waals surface area contributed by atoms with E-state index in [0.29, 0.717) is 23.0 Å². The van der Waals surface area contributed by atoms with E-state index in [2.05, 4.69) is 19.9 Å². The minimum Gasteiger partial charge on any atom is -0.444 e. The Morgan fingerprint density at radius 1 is 1.05 bits per heavy atom. The molecule has 0 N–H and O–H groups in total. The van der Waals surface area contributed by atoms with E-state index < -0.39 is 11.7 Å². The first-order valence-electron chi connectivity index (χ1n) is 12.9. The molecule has 1 amide bonds. The van der Waals surface area contributed by atoms with E-state index in [0.717, 1.165) is 53.8 Å². The molecule has 10 heteroatoms. The lowest BCUT2D eigenvalue weighted by molar-refractivity contribution is 0.0214. The fourth-order valence-corrected chi connectivity index (χ4v) is 5.79. The standard InChI is InChI=1S/C28H29ClFN5O3/c1-28(2,3)37-27(36)34-14-18-12-19(29)8-10-22(18)35-24(15-34)31-32-26(35)17-6-4-16(5-7-17)25-21-13-20(30)9-11-23(21)38-33-25/h8-13,16-17H,4-7,14-15H2,1-3H3. The molecule has 4 aromatic rings. The molecule has 0 bridgehead atoms. The van der Waals surface area contributed by atoms with Crippen molar-refractivity contribution in [2.24, 2.45) is 0 Å². The molecular formula is C28H29ClFN5O3. The number of halogens is 2. The third-order valence-corrected chi connectivity index (χ3v) is 7.56. The summed E-state index contributed by atoms with van der Waals surface area (Å²) in [5.74, 6) is 1.64. The van der Waals surface area contributed by atoms with Gasteiger partial charge in [-0.25, -0.2) is 9.18 Å². The fourth-order valence-electron chi connectivity index (χ4n) is 5.60. The van der Waals surface area contributed by atoms with Crippen LogP contribution in [0.4, 0.5) is 9.18 Å². The molecule has 1 fully saturated rings. The van der Waals surface area contributed by atoms with Gasteiger partial charge in [-0.3, -0.25) is 9.47 Å². The molecule has 0 atom stereocenters. The van der Waals surface area contributed by atoms with Gasteiger partial charge in [0.25, 0.3) is 0 Å². The van der Waals surface area contributed by atoms with E-state index in [4.69, 9.17) is 20.9 Å². The van der Waals surface area contributed by atoms with Crippen LogP contribution in [0.5, 0.6) is 0 Å². The highest BCUT2D eigenvalue weighted by Gasteiger charge is 2.34. The van der Waals surface area contributed by atoms with E-state index in [-0.39, 0.29) is 24.2 Å². The van der Waals surface area contributed by atoms with Gasteiger partial charge in [0.05, 0.1) is 24.5 Å². The van der Waals surface area contributed by atoms with Crippen molar-refractivity contribution < 1.29 is 18.4 Å². The van der Waals surface area contributed by atoms with Gasteiger partial charge in [-0.15, -0.1) is 10.2 Å². The second-order valence-electron chi connectivity index (χ2n) is 11.2. The molecule has 2 aliphatic rings. The summed E-state index contributed by atoms with van der Waals surface area (Å²) in [6.45, 7) is 6.19. The minimum absolute atomic E-state index is 0.180. The van der Waals surface area contributed by atoms with E-state index in [1.807, 2.05) is 39.0 Å². The lowest BCUT2D eigenvalue weighted by Gasteiger charge is -2.27. The lowest BCUT2D eigenvalue weighted by atomic mass is 9.79. The molecule has 38 heavy (non-hydrogen) atoms. The predicted molar refractivity (Wildman–Crippen MR) is 140 cm³/mol.